The number of halogens is 2. The van der Waals surface area contributed by atoms with Crippen molar-refractivity contribution in [2.24, 2.45) is 15.4 Å². The molecule has 0 aliphatic rings. The third kappa shape index (κ3) is 7.93. The van der Waals surface area contributed by atoms with E-state index in [4.69, 9.17) is 23.2 Å². The van der Waals surface area contributed by atoms with Crippen LogP contribution < -0.4 is 5.43 Å². The van der Waals surface area contributed by atoms with Gasteiger partial charge in [0.1, 0.15) is 5.71 Å². The van der Waals surface area contributed by atoms with Gasteiger partial charge in [-0.25, -0.2) is 9.59 Å². The lowest BCUT2D eigenvalue weighted by atomic mass is 10.3. The smallest absolute Gasteiger partial charge is 0.319 e. The SMILES string of the molecule is CC(=O)O/N=C/C(/C=N/OC(C)=O)=NNc1ccc(Cl)c(Cl)c1. The summed E-state index contributed by atoms with van der Waals surface area (Å²) in [7, 11) is 0. The number of carbonyl (C=O) groups excluding carboxylic acids is 2. The Morgan fingerprint density at radius 3 is 2.09 bits per heavy atom. The van der Waals surface area contributed by atoms with Crippen LogP contribution in [0.3, 0.4) is 0 Å². The highest BCUT2D eigenvalue weighted by Gasteiger charge is 2.00. The van der Waals surface area contributed by atoms with E-state index in [1.165, 1.54) is 13.8 Å². The van der Waals surface area contributed by atoms with E-state index in [1.807, 2.05) is 0 Å². The van der Waals surface area contributed by atoms with Crippen molar-refractivity contribution in [2.75, 3.05) is 5.43 Å². The first-order valence-corrected chi connectivity index (χ1v) is 6.84. The van der Waals surface area contributed by atoms with E-state index >= 15 is 0 Å². The van der Waals surface area contributed by atoms with Crippen LogP contribution in [0.1, 0.15) is 13.8 Å². The molecule has 0 amide bonds. The first kappa shape index (κ1) is 18.6. The molecule has 10 heteroatoms. The number of anilines is 1. The van der Waals surface area contributed by atoms with Crippen LogP contribution in [0.5, 0.6) is 0 Å². The van der Waals surface area contributed by atoms with Crippen LogP contribution in [0.4, 0.5) is 5.69 Å². The Labute approximate surface area is 141 Å². The molecule has 0 heterocycles. The summed E-state index contributed by atoms with van der Waals surface area (Å²) in [6, 6.07) is 4.78. The van der Waals surface area contributed by atoms with Gasteiger partial charge >= 0.3 is 11.9 Å². The first-order chi connectivity index (χ1) is 10.9. The van der Waals surface area contributed by atoms with Gasteiger partial charge in [-0.3, -0.25) is 5.43 Å². The Hall–Kier alpha value is -2.45. The summed E-state index contributed by atoms with van der Waals surface area (Å²) in [5.41, 5.74) is 3.32. The average Bonchev–Trinajstić information content (AvgIpc) is 2.47. The molecule has 1 N–H and O–H groups in total. The zero-order valence-corrected chi connectivity index (χ0v) is 13.6. The van der Waals surface area contributed by atoms with Gasteiger partial charge in [-0.15, -0.1) is 0 Å². The molecule has 122 valence electrons. The molecule has 0 fully saturated rings. The highest BCUT2D eigenvalue weighted by atomic mass is 35.5. The molecular weight excluding hydrogens is 347 g/mol. The molecule has 8 nitrogen and oxygen atoms in total. The maximum Gasteiger partial charge on any atom is 0.331 e. The van der Waals surface area contributed by atoms with E-state index in [1.54, 1.807) is 18.2 Å². The summed E-state index contributed by atoms with van der Waals surface area (Å²) in [6.45, 7) is 2.38. The lowest BCUT2D eigenvalue weighted by Gasteiger charge is -2.02. The minimum atomic E-state index is -0.602. The quantitative estimate of drug-likeness (QED) is 0.478. The third-order valence-corrected chi connectivity index (χ3v) is 2.71. The standard InChI is InChI=1S/C13H12Cl2N4O4/c1-8(20)22-16-6-11(7-17-23-9(2)21)19-18-10-3-4-12(14)13(15)5-10/h3-7,18H,1-2H3/b16-6+,17-7+. The zero-order chi connectivity index (χ0) is 17.2. The number of benzene rings is 1. The molecule has 0 aliphatic carbocycles. The molecule has 0 bridgehead atoms. The number of hydrazone groups is 1. The van der Waals surface area contributed by atoms with Crippen LogP contribution in [0, 0.1) is 0 Å². The Bertz CT molecular complexity index is 646. The van der Waals surface area contributed by atoms with Gasteiger partial charge in [0.15, 0.2) is 0 Å². The molecule has 0 unspecified atom stereocenters. The predicted octanol–water partition coefficient (Wildman–Crippen LogP) is 2.86. The lowest BCUT2D eigenvalue weighted by molar-refractivity contribution is -0.141. The van der Waals surface area contributed by atoms with Crippen LogP contribution in [0.15, 0.2) is 33.6 Å². The van der Waals surface area contributed by atoms with Gasteiger partial charge < -0.3 is 9.68 Å². The van der Waals surface area contributed by atoms with E-state index in [2.05, 4.69) is 30.5 Å². The molecule has 0 radical (unpaired) electrons. The Morgan fingerprint density at radius 1 is 1.04 bits per heavy atom. The Morgan fingerprint density at radius 2 is 1.61 bits per heavy atom. The van der Waals surface area contributed by atoms with Gasteiger partial charge in [-0.05, 0) is 18.2 Å². The summed E-state index contributed by atoms with van der Waals surface area (Å²) >= 11 is 11.7. The van der Waals surface area contributed by atoms with Crippen LogP contribution >= 0.6 is 23.2 Å². The molecule has 23 heavy (non-hydrogen) atoms. The van der Waals surface area contributed by atoms with Crippen LogP contribution in [0.2, 0.25) is 10.0 Å². The second-order valence-corrected chi connectivity index (χ2v) is 4.73. The van der Waals surface area contributed by atoms with Crippen molar-refractivity contribution in [1.29, 1.82) is 0 Å². The van der Waals surface area contributed by atoms with Crippen LogP contribution in [-0.2, 0) is 19.3 Å². The van der Waals surface area contributed by atoms with Crippen molar-refractivity contribution in [3.05, 3.63) is 28.2 Å². The molecule has 0 aliphatic heterocycles. The number of oxime groups is 2. The Kier molecular flexibility index (Phi) is 7.72. The molecule has 0 atom stereocenters. The second-order valence-electron chi connectivity index (χ2n) is 3.91. The molecule has 0 spiro atoms. The molecule has 1 rings (SSSR count). The molecule has 0 saturated carbocycles. The minimum Gasteiger partial charge on any atom is -0.319 e. The fraction of sp³-hybridized carbons (Fsp3) is 0.154. The van der Waals surface area contributed by atoms with Crippen LogP contribution in [-0.4, -0.2) is 30.1 Å². The van der Waals surface area contributed by atoms with Crippen molar-refractivity contribution in [2.45, 2.75) is 13.8 Å². The summed E-state index contributed by atoms with van der Waals surface area (Å²) < 4.78 is 0. The van der Waals surface area contributed by atoms with E-state index in [0.717, 1.165) is 12.4 Å². The number of hydrogen-bond acceptors (Lipinski definition) is 8. The number of hydrogen-bond donors (Lipinski definition) is 1. The van der Waals surface area contributed by atoms with Gasteiger partial charge in [-0.1, -0.05) is 33.5 Å². The van der Waals surface area contributed by atoms with Gasteiger partial charge in [0.05, 0.1) is 28.2 Å². The highest BCUT2D eigenvalue weighted by molar-refractivity contribution is 6.55. The van der Waals surface area contributed by atoms with Gasteiger partial charge in [0.25, 0.3) is 0 Å². The lowest BCUT2D eigenvalue weighted by Crippen LogP contribution is -2.08. The van der Waals surface area contributed by atoms with Crippen molar-refractivity contribution in [3.8, 4) is 0 Å². The highest BCUT2D eigenvalue weighted by Crippen LogP contribution is 2.24. The Balaban J connectivity index is 2.85. The fourth-order valence-electron chi connectivity index (χ4n) is 1.09. The van der Waals surface area contributed by atoms with Gasteiger partial charge in [0.2, 0.25) is 0 Å². The number of rotatable bonds is 6. The molecule has 1 aromatic rings. The first-order valence-electron chi connectivity index (χ1n) is 6.09. The number of nitrogens with zero attached hydrogens (tertiary/aromatic N) is 3. The van der Waals surface area contributed by atoms with Crippen molar-refractivity contribution in [3.63, 3.8) is 0 Å². The topological polar surface area (TPSA) is 102 Å². The molecule has 1 aromatic carbocycles. The summed E-state index contributed by atoms with van der Waals surface area (Å²) in [6.07, 6.45) is 2.19. The molecule has 0 aromatic heterocycles. The van der Waals surface area contributed by atoms with Crippen molar-refractivity contribution in [1.82, 2.24) is 0 Å². The summed E-state index contributed by atoms with van der Waals surface area (Å²) in [4.78, 5) is 30.1. The summed E-state index contributed by atoms with van der Waals surface area (Å²) in [5, 5.41) is 11.5. The minimum absolute atomic E-state index is 0.110. The number of nitrogens with one attached hydrogen (secondary N) is 1. The van der Waals surface area contributed by atoms with E-state index < -0.39 is 11.9 Å². The van der Waals surface area contributed by atoms with Gasteiger partial charge in [0, 0.05) is 13.8 Å². The van der Waals surface area contributed by atoms with Crippen LogP contribution in [0.25, 0.3) is 0 Å². The molecule has 0 saturated heterocycles. The predicted molar refractivity (Wildman–Crippen MR) is 88.0 cm³/mol. The van der Waals surface area contributed by atoms with E-state index in [-0.39, 0.29) is 5.71 Å². The van der Waals surface area contributed by atoms with Crippen molar-refractivity contribution >= 4 is 59.0 Å². The van der Waals surface area contributed by atoms with Gasteiger partial charge in [-0.2, -0.15) is 5.10 Å². The normalized spacial score (nSPS) is 10.6. The number of carbonyl (C=O) groups is 2. The fourth-order valence-corrected chi connectivity index (χ4v) is 1.39. The van der Waals surface area contributed by atoms with E-state index in [9.17, 15) is 9.59 Å². The van der Waals surface area contributed by atoms with E-state index in [0.29, 0.717) is 15.7 Å². The maximum atomic E-state index is 10.7. The van der Waals surface area contributed by atoms with Crippen molar-refractivity contribution < 1.29 is 19.3 Å². The molecular formula is C13H12Cl2N4O4. The zero-order valence-electron chi connectivity index (χ0n) is 12.1. The summed E-state index contributed by atoms with van der Waals surface area (Å²) in [5.74, 6) is -1.20. The average molecular weight is 359 g/mol. The third-order valence-electron chi connectivity index (χ3n) is 1.97. The second kappa shape index (κ2) is 9.54. The largest absolute Gasteiger partial charge is 0.331 e. The maximum absolute atomic E-state index is 10.7. The monoisotopic (exact) mass is 358 g/mol.